The molecule has 0 atom stereocenters. The monoisotopic (exact) mass is 194 g/mol. The molecule has 0 unspecified atom stereocenters. The minimum absolute atomic E-state index is 1.03. The van der Waals surface area contributed by atoms with E-state index in [4.69, 9.17) is 4.74 Å². The van der Waals surface area contributed by atoms with E-state index in [1.54, 1.807) is 7.11 Å². The number of allylic oxidation sites excluding steroid dienone is 4. The summed E-state index contributed by atoms with van der Waals surface area (Å²) in [4.78, 5) is 0. The number of hydrogen-bond acceptors (Lipinski definition) is 1. The Balaban J connectivity index is 2.39. The highest BCUT2D eigenvalue weighted by Crippen LogP contribution is 2.14. The lowest BCUT2D eigenvalue weighted by molar-refractivity contribution is 0.272. The van der Waals surface area contributed by atoms with Crippen molar-refractivity contribution in [2.24, 2.45) is 0 Å². The predicted octanol–water partition coefficient (Wildman–Crippen LogP) is 4.21. The molecule has 80 valence electrons. The Morgan fingerprint density at radius 3 is 2.64 bits per heavy atom. The second-order valence-corrected chi connectivity index (χ2v) is 3.89. The maximum Gasteiger partial charge on any atom is 0.0918 e. The zero-order valence-corrected chi connectivity index (χ0v) is 9.30. The predicted molar refractivity (Wildman–Crippen MR) is 61.2 cm³/mol. The van der Waals surface area contributed by atoms with Crippen LogP contribution in [0, 0.1) is 0 Å². The smallest absolute Gasteiger partial charge is 0.0918 e. The largest absolute Gasteiger partial charge is 0.501 e. The van der Waals surface area contributed by atoms with Gasteiger partial charge in [-0.25, -0.2) is 0 Å². The van der Waals surface area contributed by atoms with Crippen LogP contribution in [0.3, 0.4) is 0 Å². The topological polar surface area (TPSA) is 9.23 Å². The summed E-state index contributed by atoms with van der Waals surface area (Å²) in [5.74, 6) is 1.16. The van der Waals surface area contributed by atoms with Gasteiger partial charge in [-0.05, 0) is 31.8 Å². The third-order valence-electron chi connectivity index (χ3n) is 2.70. The van der Waals surface area contributed by atoms with Gasteiger partial charge in [-0.15, -0.1) is 0 Å². The molecule has 0 saturated carbocycles. The van der Waals surface area contributed by atoms with Gasteiger partial charge in [-0.3, -0.25) is 0 Å². The Kier molecular flexibility index (Phi) is 6.21. The Morgan fingerprint density at radius 1 is 1.00 bits per heavy atom. The fourth-order valence-electron chi connectivity index (χ4n) is 1.79. The Hall–Kier alpha value is -0.720. The molecule has 0 heterocycles. The minimum atomic E-state index is 1.03. The standard InChI is InChI=1S/C13H22O/c1-14-13-11-9-7-5-3-2-4-6-8-10-12-13/h5,7,11H,2-4,6,8-10,12H2,1H3/b7-5+,13-11?. The van der Waals surface area contributed by atoms with Gasteiger partial charge in [0.05, 0.1) is 12.9 Å². The van der Waals surface area contributed by atoms with Gasteiger partial charge < -0.3 is 4.74 Å². The summed E-state index contributed by atoms with van der Waals surface area (Å²) in [5.41, 5.74) is 0. The average molecular weight is 194 g/mol. The lowest BCUT2D eigenvalue weighted by atomic mass is 10.1. The van der Waals surface area contributed by atoms with Crippen molar-refractivity contribution in [2.75, 3.05) is 7.11 Å². The van der Waals surface area contributed by atoms with Crippen LogP contribution in [0.25, 0.3) is 0 Å². The summed E-state index contributed by atoms with van der Waals surface area (Å²) >= 11 is 0. The molecular formula is C13H22O. The molecule has 1 nitrogen and oxygen atoms in total. The van der Waals surface area contributed by atoms with Crippen molar-refractivity contribution >= 4 is 0 Å². The maximum absolute atomic E-state index is 5.32. The highest BCUT2D eigenvalue weighted by atomic mass is 16.5. The Morgan fingerprint density at radius 2 is 1.79 bits per heavy atom. The summed E-state index contributed by atoms with van der Waals surface area (Å²) in [6, 6.07) is 0. The zero-order valence-electron chi connectivity index (χ0n) is 9.30. The lowest BCUT2D eigenvalue weighted by Crippen LogP contribution is -1.89. The number of methoxy groups -OCH3 is 1. The van der Waals surface area contributed by atoms with E-state index in [0.717, 1.165) is 18.6 Å². The van der Waals surface area contributed by atoms with Crippen LogP contribution in [0.1, 0.15) is 51.4 Å². The quantitative estimate of drug-likeness (QED) is 0.568. The highest BCUT2D eigenvalue weighted by Gasteiger charge is 1.97. The van der Waals surface area contributed by atoms with Gasteiger partial charge in [0, 0.05) is 6.42 Å². The van der Waals surface area contributed by atoms with Gasteiger partial charge in [0.2, 0.25) is 0 Å². The number of ether oxygens (including phenoxy) is 1. The summed E-state index contributed by atoms with van der Waals surface area (Å²) in [6.45, 7) is 0. The van der Waals surface area contributed by atoms with E-state index in [0.29, 0.717) is 0 Å². The van der Waals surface area contributed by atoms with E-state index in [2.05, 4.69) is 18.2 Å². The summed E-state index contributed by atoms with van der Waals surface area (Å²) in [7, 11) is 1.78. The van der Waals surface area contributed by atoms with E-state index in [1.165, 1.54) is 38.5 Å². The van der Waals surface area contributed by atoms with Gasteiger partial charge in [-0.2, -0.15) is 0 Å². The molecule has 0 amide bonds. The summed E-state index contributed by atoms with van der Waals surface area (Å²) < 4.78 is 5.32. The van der Waals surface area contributed by atoms with E-state index in [-0.39, 0.29) is 0 Å². The first-order chi connectivity index (χ1) is 6.93. The normalized spacial score (nSPS) is 22.8. The first-order valence-electron chi connectivity index (χ1n) is 5.81. The third-order valence-corrected chi connectivity index (χ3v) is 2.70. The molecule has 0 aromatic carbocycles. The molecule has 0 aromatic rings. The van der Waals surface area contributed by atoms with Gasteiger partial charge in [0.25, 0.3) is 0 Å². The molecule has 1 rings (SSSR count). The molecule has 0 aromatic heterocycles. The highest BCUT2D eigenvalue weighted by molar-refractivity contribution is 4.98. The Labute approximate surface area is 87.8 Å². The molecule has 1 aliphatic rings. The average Bonchev–Trinajstić information content (AvgIpc) is 2.19. The fraction of sp³-hybridized carbons (Fsp3) is 0.692. The van der Waals surface area contributed by atoms with Gasteiger partial charge in [0.1, 0.15) is 0 Å². The molecule has 0 radical (unpaired) electrons. The minimum Gasteiger partial charge on any atom is -0.501 e. The fourth-order valence-corrected chi connectivity index (χ4v) is 1.79. The first kappa shape index (κ1) is 11.4. The number of rotatable bonds is 1. The Bertz CT molecular complexity index is 191. The van der Waals surface area contributed by atoms with E-state index in [9.17, 15) is 0 Å². The van der Waals surface area contributed by atoms with Gasteiger partial charge >= 0.3 is 0 Å². The van der Waals surface area contributed by atoms with Crippen LogP contribution in [0.5, 0.6) is 0 Å². The van der Waals surface area contributed by atoms with Crippen molar-refractivity contribution in [3.8, 4) is 0 Å². The van der Waals surface area contributed by atoms with Crippen molar-refractivity contribution in [1.29, 1.82) is 0 Å². The summed E-state index contributed by atoms with van der Waals surface area (Å²) in [5, 5.41) is 0. The van der Waals surface area contributed by atoms with E-state index < -0.39 is 0 Å². The summed E-state index contributed by atoms with van der Waals surface area (Å²) in [6.07, 6.45) is 16.9. The molecule has 0 N–H and O–H groups in total. The molecule has 0 spiro atoms. The molecule has 0 bridgehead atoms. The van der Waals surface area contributed by atoms with Crippen molar-refractivity contribution in [3.63, 3.8) is 0 Å². The molecule has 0 saturated heterocycles. The molecule has 0 aliphatic heterocycles. The van der Waals surface area contributed by atoms with E-state index in [1.807, 2.05) is 0 Å². The molecule has 1 aliphatic carbocycles. The van der Waals surface area contributed by atoms with Crippen molar-refractivity contribution in [2.45, 2.75) is 51.4 Å². The van der Waals surface area contributed by atoms with Crippen LogP contribution >= 0.6 is 0 Å². The maximum atomic E-state index is 5.32. The first-order valence-corrected chi connectivity index (χ1v) is 5.81. The molecular weight excluding hydrogens is 172 g/mol. The van der Waals surface area contributed by atoms with Gasteiger partial charge in [0.15, 0.2) is 0 Å². The van der Waals surface area contributed by atoms with Crippen LogP contribution < -0.4 is 0 Å². The third kappa shape index (κ3) is 5.11. The molecule has 0 fully saturated rings. The van der Waals surface area contributed by atoms with Crippen molar-refractivity contribution in [3.05, 3.63) is 24.0 Å². The van der Waals surface area contributed by atoms with E-state index >= 15 is 0 Å². The van der Waals surface area contributed by atoms with Crippen LogP contribution in [0.4, 0.5) is 0 Å². The second kappa shape index (κ2) is 7.66. The van der Waals surface area contributed by atoms with Crippen molar-refractivity contribution in [1.82, 2.24) is 0 Å². The van der Waals surface area contributed by atoms with Crippen LogP contribution in [0.15, 0.2) is 24.0 Å². The lowest BCUT2D eigenvalue weighted by Gasteiger charge is -2.06. The molecule has 14 heavy (non-hydrogen) atoms. The SMILES string of the molecule is COC1=CC/C=C/CCCCCCC1. The van der Waals surface area contributed by atoms with Gasteiger partial charge in [-0.1, -0.05) is 31.4 Å². The van der Waals surface area contributed by atoms with Crippen LogP contribution in [0.2, 0.25) is 0 Å². The van der Waals surface area contributed by atoms with Crippen molar-refractivity contribution < 1.29 is 4.74 Å². The molecule has 1 heteroatoms. The van der Waals surface area contributed by atoms with Crippen LogP contribution in [-0.4, -0.2) is 7.11 Å². The zero-order chi connectivity index (χ0) is 10.1. The number of hydrogen-bond donors (Lipinski definition) is 0. The van der Waals surface area contributed by atoms with Crippen LogP contribution in [-0.2, 0) is 4.74 Å². The second-order valence-electron chi connectivity index (χ2n) is 3.89.